The van der Waals surface area contributed by atoms with Crippen molar-refractivity contribution in [3.8, 4) is 11.5 Å². The summed E-state index contributed by atoms with van der Waals surface area (Å²) in [6.07, 6.45) is 1.04. The largest absolute Gasteiger partial charge is 0.497 e. The number of anilines is 1. The third kappa shape index (κ3) is 5.81. The molecule has 0 aliphatic carbocycles. The van der Waals surface area contributed by atoms with Gasteiger partial charge in [-0.15, -0.1) is 0 Å². The van der Waals surface area contributed by atoms with Gasteiger partial charge in [0.2, 0.25) is 5.91 Å². The van der Waals surface area contributed by atoms with Crippen LogP contribution in [0.4, 0.5) is 5.69 Å². The van der Waals surface area contributed by atoms with E-state index in [-0.39, 0.29) is 11.9 Å². The lowest BCUT2D eigenvalue weighted by molar-refractivity contribution is -0.121. The number of carbonyl (C=O) groups is 1. The van der Waals surface area contributed by atoms with Crippen LogP contribution in [0.3, 0.4) is 0 Å². The zero-order valence-electron chi connectivity index (χ0n) is 20.1. The first kappa shape index (κ1) is 24.1. The molecule has 1 fully saturated rings. The SMILES string of the molecule is CC[C@H](C)c1ccccc1NC(=O)[C@@H](C)N1CCN(Cc2cc(OC)ccc2OC)CC1. The van der Waals surface area contributed by atoms with Gasteiger partial charge in [0.1, 0.15) is 11.5 Å². The minimum Gasteiger partial charge on any atom is -0.497 e. The van der Waals surface area contributed by atoms with Gasteiger partial charge in [-0.1, -0.05) is 32.0 Å². The van der Waals surface area contributed by atoms with Crippen LogP contribution in [0.2, 0.25) is 0 Å². The van der Waals surface area contributed by atoms with Gasteiger partial charge >= 0.3 is 0 Å². The summed E-state index contributed by atoms with van der Waals surface area (Å²) in [7, 11) is 3.38. The lowest BCUT2D eigenvalue weighted by Crippen LogP contribution is -2.52. The standard InChI is InChI=1S/C26H37N3O3/c1-6-19(2)23-9-7-8-10-24(23)27-26(30)20(3)29-15-13-28(14-16-29)18-21-17-22(31-4)11-12-25(21)32-5/h7-12,17,19-20H,6,13-16,18H2,1-5H3,(H,27,30)/t19-,20+/m0/s1. The Morgan fingerprint density at radius 1 is 1.03 bits per heavy atom. The van der Waals surface area contributed by atoms with Crippen LogP contribution < -0.4 is 14.8 Å². The van der Waals surface area contributed by atoms with Crippen molar-refractivity contribution >= 4 is 11.6 Å². The Morgan fingerprint density at radius 2 is 1.75 bits per heavy atom. The number of hydrogen-bond acceptors (Lipinski definition) is 5. The Bertz CT molecular complexity index is 894. The van der Waals surface area contributed by atoms with Crippen molar-refractivity contribution < 1.29 is 14.3 Å². The fourth-order valence-corrected chi connectivity index (χ4v) is 4.22. The summed E-state index contributed by atoms with van der Waals surface area (Å²) in [5.41, 5.74) is 3.25. The van der Waals surface area contributed by atoms with Crippen molar-refractivity contribution in [2.75, 3.05) is 45.7 Å². The fourth-order valence-electron chi connectivity index (χ4n) is 4.22. The van der Waals surface area contributed by atoms with Gasteiger partial charge in [0.15, 0.2) is 0 Å². The quantitative estimate of drug-likeness (QED) is 0.629. The van der Waals surface area contributed by atoms with Crippen molar-refractivity contribution in [3.05, 3.63) is 53.6 Å². The minimum absolute atomic E-state index is 0.0590. The summed E-state index contributed by atoms with van der Waals surface area (Å²) in [4.78, 5) is 17.7. The van der Waals surface area contributed by atoms with Gasteiger partial charge < -0.3 is 14.8 Å². The molecule has 0 radical (unpaired) electrons. The molecule has 0 aromatic heterocycles. The molecular weight excluding hydrogens is 402 g/mol. The maximum absolute atomic E-state index is 13.0. The molecule has 0 unspecified atom stereocenters. The van der Waals surface area contributed by atoms with Gasteiger partial charge in [0.25, 0.3) is 0 Å². The van der Waals surface area contributed by atoms with E-state index in [0.717, 1.165) is 61.9 Å². The van der Waals surface area contributed by atoms with Gasteiger partial charge in [-0.25, -0.2) is 0 Å². The monoisotopic (exact) mass is 439 g/mol. The Labute approximate surface area is 192 Å². The number of hydrogen-bond donors (Lipinski definition) is 1. The second kappa shape index (κ2) is 11.3. The first-order valence-electron chi connectivity index (χ1n) is 11.5. The third-order valence-electron chi connectivity index (χ3n) is 6.58. The molecular formula is C26H37N3O3. The van der Waals surface area contributed by atoms with Crippen molar-refractivity contribution in [2.24, 2.45) is 0 Å². The average Bonchev–Trinajstić information content (AvgIpc) is 2.83. The number of nitrogens with one attached hydrogen (secondary N) is 1. The summed E-state index contributed by atoms with van der Waals surface area (Å²) >= 11 is 0. The molecule has 1 heterocycles. The molecule has 0 saturated carbocycles. The van der Waals surface area contributed by atoms with E-state index < -0.39 is 0 Å². The second-order valence-corrected chi connectivity index (χ2v) is 8.55. The van der Waals surface area contributed by atoms with Crippen LogP contribution >= 0.6 is 0 Å². The maximum Gasteiger partial charge on any atom is 0.241 e. The highest BCUT2D eigenvalue weighted by molar-refractivity contribution is 5.95. The number of carbonyl (C=O) groups excluding carboxylic acids is 1. The van der Waals surface area contributed by atoms with E-state index in [2.05, 4.69) is 35.0 Å². The molecule has 3 rings (SSSR count). The number of piperazine rings is 1. The fraction of sp³-hybridized carbons (Fsp3) is 0.500. The number of benzene rings is 2. The molecule has 2 atom stereocenters. The number of para-hydroxylation sites is 1. The van der Waals surface area contributed by atoms with Crippen molar-refractivity contribution in [1.82, 2.24) is 9.80 Å². The molecule has 32 heavy (non-hydrogen) atoms. The summed E-state index contributed by atoms with van der Waals surface area (Å²) in [5.74, 6) is 2.19. The average molecular weight is 440 g/mol. The number of methoxy groups -OCH3 is 2. The van der Waals surface area contributed by atoms with Crippen molar-refractivity contribution in [1.29, 1.82) is 0 Å². The van der Waals surface area contributed by atoms with Crippen LogP contribution in [0.15, 0.2) is 42.5 Å². The molecule has 2 aromatic rings. The molecule has 6 nitrogen and oxygen atoms in total. The zero-order valence-corrected chi connectivity index (χ0v) is 20.1. The maximum atomic E-state index is 13.0. The Morgan fingerprint density at radius 3 is 2.41 bits per heavy atom. The second-order valence-electron chi connectivity index (χ2n) is 8.55. The van der Waals surface area contributed by atoms with Gasteiger partial charge in [-0.2, -0.15) is 0 Å². The summed E-state index contributed by atoms with van der Waals surface area (Å²) in [5, 5.41) is 3.18. The predicted octanol–water partition coefficient (Wildman–Crippen LogP) is 4.36. The van der Waals surface area contributed by atoms with Crippen LogP contribution in [0, 0.1) is 0 Å². The van der Waals surface area contributed by atoms with Gasteiger partial charge in [-0.3, -0.25) is 14.6 Å². The molecule has 174 valence electrons. The normalized spacial score (nSPS) is 16.9. The van der Waals surface area contributed by atoms with E-state index in [9.17, 15) is 4.79 Å². The molecule has 0 bridgehead atoms. The highest BCUT2D eigenvalue weighted by atomic mass is 16.5. The van der Waals surface area contributed by atoms with Crippen molar-refractivity contribution in [2.45, 2.75) is 45.7 Å². The number of nitrogens with zero attached hydrogens (tertiary/aromatic N) is 2. The lowest BCUT2D eigenvalue weighted by atomic mass is 9.97. The molecule has 2 aromatic carbocycles. The lowest BCUT2D eigenvalue weighted by Gasteiger charge is -2.37. The van der Waals surface area contributed by atoms with Crippen LogP contribution in [0.1, 0.15) is 44.2 Å². The topological polar surface area (TPSA) is 54.0 Å². The summed E-state index contributed by atoms with van der Waals surface area (Å²) in [6.45, 7) is 10.7. The highest BCUT2D eigenvalue weighted by Crippen LogP contribution is 2.28. The first-order chi connectivity index (χ1) is 15.5. The van der Waals surface area contributed by atoms with Crippen LogP contribution in [-0.4, -0.2) is 62.1 Å². The molecule has 1 aliphatic heterocycles. The van der Waals surface area contributed by atoms with Gasteiger partial charge in [-0.05, 0) is 49.1 Å². The van der Waals surface area contributed by atoms with E-state index in [1.807, 2.05) is 43.3 Å². The smallest absolute Gasteiger partial charge is 0.241 e. The highest BCUT2D eigenvalue weighted by Gasteiger charge is 2.26. The summed E-state index contributed by atoms with van der Waals surface area (Å²) in [6, 6.07) is 13.9. The van der Waals surface area contributed by atoms with E-state index in [0.29, 0.717) is 5.92 Å². The Hall–Kier alpha value is -2.57. The van der Waals surface area contributed by atoms with Crippen LogP contribution in [0.5, 0.6) is 11.5 Å². The first-order valence-corrected chi connectivity index (χ1v) is 11.5. The van der Waals surface area contributed by atoms with E-state index in [1.165, 1.54) is 5.56 Å². The van der Waals surface area contributed by atoms with Gasteiger partial charge in [0, 0.05) is 44.0 Å². The molecule has 6 heteroatoms. The Kier molecular flexibility index (Phi) is 8.53. The molecule has 1 aliphatic rings. The minimum atomic E-state index is -0.173. The van der Waals surface area contributed by atoms with Gasteiger partial charge in [0.05, 0.1) is 20.3 Å². The zero-order chi connectivity index (χ0) is 23.1. The van der Waals surface area contributed by atoms with E-state index in [4.69, 9.17) is 9.47 Å². The summed E-state index contributed by atoms with van der Waals surface area (Å²) < 4.78 is 10.9. The van der Waals surface area contributed by atoms with E-state index in [1.54, 1.807) is 14.2 Å². The molecule has 1 saturated heterocycles. The molecule has 0 spiro atoms. The van der Waals surface area contributed by atoms with Crippen molar-refractivity contribution in [3.63, 3.8) is 0 Å². The molecule has 1 amide bonds. The number of ether oxygens (including phenoxy) is 2. The predicted molar refractivity (Wildman–Crippen MR) is 130 cm³/mol. The number of rotatable bonds is 9. The van der Waals surface area contributed by atoms with E-state index >= 15 is 0 Å². The Balaban J connectivity index is 1.57. The third-order valence-corrected chi connectivity index (χ3v) is 6.58. The van der Waals surface area contributed by atoms with Crippen LogP contribution in [-0.2, 0) is 11.3 Å². The van der Waals surface area contributed by atoms with Crippen LogP contribution in [0.25, 0.3) is 0 Å². The molecule has 1 N–H and O–H groups in total. The number of amides is 1.